The molecule has 1 aromatic heterocycles. The number of sulfonamides is 1. The lowest BCUT2D eigenvalue weighted by atomic mass is 10.2. The van der Waals surface area contributed by atoms with Gasteiger partial charge in [-0.15, -0.1) is 11.3 Å². The lowest BCUT2D eigenvalue weighted by Gasteiger charge is -2.10. The normalized spacial score (nSPS) is 13.3. The van der Waals surface area contributed by atoms with Crippen LogP contribution in [0, 0.1) is 19.8 Å². The fourth-order valence-electron chi connectivity index (χ4n) is 1.37. The van der Waals surface area contributed by atoms with E-state index in [-0.39, 0.29) is 10.8 Å². The monoisotopic (exact) mass is 292 g/mol. The molecule has 6 nitrogen and oxygen atoms in total. The lowest BCUT2D eigenvalue weighted by Crippen LogP contribution is -2.36. The highest BCUT2D eigenvalue weighted by atomic mass is 32.2. The van der Waals surface area contributed by atoms with Crippen LogP contribution in [-0.2, 0) is 19.6 Å². The highest BCUT2D eigenvalue weighted by Crippen LogP contribution is 2.22. The van der Waals surface area contributed by atoms with Crippen molar-refractivity contribution in [1.82, 2.24) is 9.71 Å². The number of amides is 1. The maximum absolute atomic E-state index is 12.0. The van der Waals surface area contributed by atoms with Crippen LogP contribution in [0.1, 0.15) is 17.6 Å². The first-order valence-electron chi connectivity index (χ1n) is 5.27. The van der Waals surface area contributed by atoms with E-state index in [4.69, 9.17) is 4.74 Å². The molecule has 0 aromatic carbocycles. The highest BCUT2D eigenvalue weighted by Gasteiger charge is 2.25. The van der Waals surface area contributed by atoms with E-state index in [9.17, 15) is 13.2 Å². The summed E-state index contributed by atoms with van der Waals surface area (Å²) in [4.78, 5) is 15.7. The molecule has 0 fully saturated rings. The molecule has 18 heavy (non-hydrogen) atoms. The third-order valence-electron chi connectivity index (χ3n) is 2.20. The maximum Gasteiger partial charge on any atom is 0.275 e. The molecule has 0 aliphatic carbocycles. The molecule has 0 unspecified atom stereocenters. The Labute approximate surface area is 110 Å². The van der Waals surface area contributed by atoms with Crippen molar-refractivity contribution in [2.24, 2.45) is 5.92 Å². The Morgan fingerprint density at radius 2 is 2.11 bits per heavy atom. The minimum atomic E-state index is -3.83. The molecule has 1 N–H and O–H groups in total. The van der Waals surface area contributed by atoms with Gasteiger partial charge < -0.3 is 4.74 Å². The zero-order chi connectivity index (χ0) is 13.9. The molecule has 0 aliphatic rings. The van der Waals surface area contributed by atoms with Crippen molar-refractivity contribution in [2.75, 3.05) is 13.7 Å². The number of carbonyl (C=O) groups is 1. The van der Waals surface area contributed by atoms with Crippen molar-refractivity contribution >= 4 is 27.3 Å². The number of aryl methyl sites for hydroxylation is 2. The standard InChI is InChI=1S/C10H16N2O4S2/c1-6(5-16-4)9(13)12-18(14,15)10-7(2)11-8(3)17-10/h6H,5H2,1-4H3,(H,12,13)/t6-/m0/s1. The van der Waals surface area contributed by atoms with Gasteiger partial charge in [-0.3, -0.25) is 4.79 Å². The van der Waals surface area contributed by atoms with Gasteiger partial charge in [-0.05, 0) is 13.8 Å². The number of rotatable bonds is 5. The van der Waals surface area contributed by atoms with Gasteiger partial charge in [0.2, 0.25) is 5.91 Å². The number of nitrogens with one attached hydrogen (secondary N) is 1. The third kappa shape index (κ3) is 3.50. The summed E-state index contributed by atoms with van der Waals surface area (Å²) in [6.45, 7) is 5.08. The number of thiazole rings is 1. The fraction of sp³-hybridized carbons (Fsp3) is 0.600. The molecule has 0 saturated heterocycles. The van der Waals surface area contributed by atoms with Crippen molar-refractivity contribution in [3.63, 3.8) is 0 Å². The van der Waals surface area contributed by atoms with Crippen LogP contribution in [0.3, 0.4) is 0 Å². The third-order valence-corrected chi connectivity index (χ3v) is 5.23. The van der Waals surface area contributed by atoms with Gasteiger partial charge in [-0.2, -0.15) is 0 Å². The number of aromatic nitrogens is 1. The summed E-state index contributed by atoms with van der Waals surface area (Å²) < 4.78 is 30.9. The molecule has 1 aromatic rings. The molecule has 102 valence electrons. The quantitative estimate of drug-likeness (QED) is 0.869. The van der Waals surface area contributed by atoms with E-state index in [1.54, 1.807) is 20.8 Å². The Bertz CT molecular complexity index is 536. The first-order valence-corrected chi connectivity index (χ1v) is 7.57. The lowest BCUT2D eigenvalue weighted by molar-refractivity contribution is -0.124. The van der Waals surface area contributed by atoms with Crippen molar-refractivity contribution < 1.29 is 17.9 Å². The highest BCUT2D eigenvalue weighted by molar-refractivity contribution is 7.92. The summed E-state index contributed by atoms with van der Waals surface area (Å²) in [5.74, 6) is -1.11. The number of hydrogen-bond acceptors (Lipinski definition) is 6. The van der Waals surface area contributed by atoms with E-state index in [0.717, 1.165) is 11.3 Å². The van der Waals surface area contributed by atoms with Crippen molar-refractivity contribution in [2.45, 2.75) is 25.0 Å². The second-order valence-corrected chi connectivity index (χ2v) is 7.01. The Hall–Kier alpha value is -0.990. The van der Waals surface area contributed by atoms with Gasteiger partial charge in [0.15, 0.2) is 4.21 Å². The smallest absolute Gasteiger partial charge is 0.275 e. The molecule has 0 saturated carbocycles. The van der Waals surface area contributed by atoms with Crippen LogP contribution in [0.4, 0.5) is 0 Å². The number of nitrogens with zero attached hydrogens (tertiary/aromatic N) is 1. The molecule has 1 amide bonds. The van der Waals surface area contributed by atoms with Crippen molar-refractivity contribution in [1.29, 1.82) is 0 Å². The summed E-state index contributed by atoms with van der Waals surface area (Å²) in [5, 5.41) is 0.644. The van der Waals surface area contributed by atoms with Crippen molar-refractivity contribution in [3.8, 4) is 0 Å². The maximum atomic E-state index is 12.0. The van der Waals surface area contributed by atoms with Crippen LogP contribution < -0.4 is 4.72 Å². The molecule has 1 atom stereocenters. The molecule has 8 heteroatoms. The first-order chi connectivity index (χ1) is 8.27. The van der Waals surface area contributed by atoms with E-state index < -0.39 is 21.8 Å². The van der Waals surface area contributed by atoms with Gasteiger partial charge in [0, 0.05) is 7.11 Å². The van der Waals surface area contributed by atoms with E-state index in [2.05, 4.69) is 4.98 Å². The second kappa shape index (κ2) is 5.77. The SMILES string of the molecule is COC[C@H](C)C(=O)NS(=O)(=O)c1sc(C)nc1C. The minimum Gasteiger partial charge on any atom is -0.384 e. The topological polar surface area (TPSA) is 85.4 Å². The first kappa shape index (κ1) is 15.1. The molecule has 0 aliphatic heterocycles. The van der Waals surface area contributed by atoms with E-state index in [0.29, 0.717) is 10.7 Å². The zero-order valence-corrected chi connectivity index (χ0v) is 12.3. The van der Waals surface area contributed by atoms with Crippen LogP contribution in [0.5, 0.6) is 0 Å². The number of methoxy groups -OCH3 is 1. The van der Waals surface area contributed by atoms with Gasteiger partial charge in [0.25, 0.3) is 10.0 Å². The Morgan fingerprint density at radius 3 is 2.56 bits per heavy atom. The molecule has 0 spiro atoms. The number of ether oxygens (including phenoxy) is 1. The molecular weight excluding hydrogens is 276 g/mol. The second-order valence-electron chi connectivity index (χ2n) is 3.93. The van der Waals surface area contributed by atoms with Crippen molar-refractivity contribution in [3.05, 3.63) is 10.7 Å². The molecule has 0 bridgehead atoms. The summed E-state index contributed by atoms with van der Waals surface area (Å²) in [6.07, 6.45) is 0. The van der Waals surface area contributed by atoms with Gasteiger partial charge >= 0.3 is 0 Å². The average molecular weight is 292 g/mol. The average Bonchev–Trinajstić information content (AvgIpc) is 2.58. The Morgan fingerprint density at radius 1 is 1.50 bits per heavy atom. The summed E-state index contributed by atoms with van der Waals surface area (Å²) >= 11 is 1.04. The van der Waals surface area contributed by atoms with Gasteiger partial charge in [-0.1, -0.05) is 6.92 Å². The van der Waals surface area contributed by atoms with Crippen LogP contribution in [0.25, 0.3) is 0 Å². The molecule has 1 rings (SSSR count). The van der Waals surface area contributed by atoms with Crippen LogP contribution in [0.2, 0.25) is 0 Å². The minimum absolute atomic E-state index is 0.0815. The zero-order valence-electron chi connectivity index (χ0n) is 10.7. The Kier molecular flexibility index (Phi) is 4.83. The molecular formula is C10H16N2O4S2. The number of carbonyl (C=O) groups excluding carboxylic acids is 1. The van der Waals surface area contributed by atoms with Gasteiger partial charge in [-0.25, -0.2) is 18.1 Å². The van der Waals surface area contributed by atoms with Crippen LogP contribution in [-0.4, -0.2) is 33.0 Å². The van der Waals surface area contributed by atoms with E-state index in [1.165, 1.54) is 7.11 Å². The van der Waals surface area contributed by atoms with E-state index in [1.807, 2.05) is 4.72 Å². The van der Waals surface area contributed by atoms with Gasteiger partial charge in [0.1, 0.15) is 0 Å². The summed E-state index contributed by atoms with van der Waals surface area (Å²) in [7, 11) is -2.38. The largest absolute Gasteiger partial charge is 0.384 e. The van der Waals surface area contributed by atoms with Crippen LogP contribution in [0.15, 0.2) is 4.21 Å². The Balaban J connectivity index is 2.89. The predicted molar refractivity (Wildman–Crippen MR) is 68.0 cm³/mol. The number of hydrogen-bond donors (Lipinski definition) is 1. The molecule has 0 radical (unpaired) electrons. The van der Waals surface area contributed by atoms with E-state index >= 15 is 0 Å². The molecule has 1 heterocycles. The fourth-order valence-corrected chi connectivity index (χ4v) is 3.93. The van der Waals surface area contributed by atoms with Crippen LogP contribution >= 0.6 is 11.3 Å². The summed E-state index contributed by atoms with van der Waals surface area (Å²) in [6, 6.07) is 0. The summed E-state index contributed by atoms with van der Waals surface area (Å²) in [5.41, 5.74) is 0.400. The van der Waals surface area contributed by atoms with Gasteiger partial charge in [0.05, 0.1) is 23.2 Å². The predicted octanol–water partition coefficient (Wildman–Crippen LogP) is 0.847.